The minimum atomic E-state index is -0.356. The van der Waals surface area contributed by atoms with Crippen molar-refractivity contribution >= 4 is 23.4 Å². The van der Waals surface area contributed by atoms with E-state index in [0.29, 0.717) is 19.6 Å². The van der Waals surface area contributed by atoms with Crippen LogP contribution >= 0.6 is 11.6 Å². The molecule has 1 aliphatic rings. The van der Waals surface area contributed by atoms with Gasteiger partial charge in [0.2, 0.25) is 5.91 Å². The summed E-state index contributed by atoms with van der Waals surface area (Å²) in [6, 6.07) is 0. The number of rotatable bonds is 3. The van der Waals surface area contributed by atoms with E-state index in [9.17, 15) is 9.59 Å². The highest BCUT2D eigenvalue weighted by Gasteiger charge is 2.22. The van der Waals surface area contributed by atoms with Crippen LogP contribution in [0.3, 0.4) is 0 Å². The molecule has 7 nitrogen and oxygen atoms in total. The lowest BCUT2D eigenvalue weighted by Crippen LogP contribution is -2.38. The predicted octanol–water partition coefficient (Wildman–Crippen LogP) is -0.237. The molecule has 1 aliphatic heterocycles. The Labute approximate surface area is 121 Å². The van der Waals surface area contributed by atoms with Crippen LogP contribution in [-0.2, 0) is 4.79 Å². The number of amides is 2. The SMILES string of the molecule is NC(=O)CN1CCCN(C(=O)c2cncc(Cl)n2)CC1. The third-order valence-corrected chi connectivity index (χ3v) is 3.26. The molecule has 8 heteroatoms. The zero-order valence-corrected chi connectivity index (χ0v) is 11.7. The van der Waals surface area contributed by atoms with Crippen molar-refractivity contribution in [2.24, 2.45) is 5.73 Å². The molecular formula is C12H16ClN5O2. The Bertz CT molecular complexity index is 510. The normalized spacial score (nSPS) is 16.8. The molecule has 0 radical (unpaired) electrons. The van der Waals surface area contributed by atoms with E-state index in [1.807, 2.05) is 4.90 Å². The minimum Gasteiger partial charge on any atom is -0.369 e. The number of hydrogen-bond acceptors (Lipinski definition) is 5. The van der Waals surface area contributed by atoms with E-state index < -0.39 is 0 Å². The maximum atomic E-state index is 12.3. The molecule has 2 rings (SSSR count). The van der Waals surface area contributed by atoms with E-state index in [1.54, 1.807) is 4.90 Å². The van der Waals surface area contributed by atoms with Crippen molar-refractivity contribution in [3.05, 3.63) is 23.2 Å². The van der Waals surface area contributed by atoms with Crippen LogP contribution in [0.1, 0.15) is 16.9 Å². The zero-order chi connectivity index (χ0) is 14.5. The lowest BCUT2D eigenvalue weighted by atomic mass is 10.3. The fourth-order valence-corrected chi connectivity index (χ4v) is 2.31. The molecule has 0 bridgehead atoms. The van der Waals surface area contributed by atoms with Gasteiger partial charge in [0.15, 0.2) is 0 Å². The topological polar surface area (TPSA) is 92.4 Å². The lowest BCUT2D eigenvalue weighted by molar-refractivity contribution is -0.119. The van der Waals surface area contributed by atoms with Crippen LogP contribution in [-0.4, -0.2) is 64.3 Å². The van der Waals surface area contributed by atoms with Crippen LogP contribution in [0, 0.1) is 0 Å². The highest BCUT2D eigenvalue weighted by atomic mass is 35.5. The number of nitrogens with zero attached hydrogens (tertiary/aromatic N) is 4. The summed E-state index contributed by atoms with van der Waals surface area (Å²) in [4.78, 5) is 34.7. The van der Waals surface area contributed by atoms with Gasteiger partial charge in [-0.25, -0.2) is 4.98 Å². The first kappa shape index (κ1) is 14.7. The Morgan fingerprint density at radius 2 is 2.05 bits per heavy atom. The number of carbonyl (C=O) groups is 2. The fraction of sp³-hybridized carbons (Fsp3) is 0.500. The number of carbonyl (C=O) groups excluding carboxylic acids is 2. The monoisotopic (exact) mass is 297 g/mol. The average molecular weight is 298 g/mol. The number of nitrogens with two attached hydrogens (primary N) is 1. The van der Waals surface area contributed by atoms with Crippen molar-refractivity contribution in [2.45, 2.75) is 6.42 Å². The molecule has 1 fully saturated rings. The molecule has 2 heterocycles. The Morgan fingerprint density at radius 1 is 1.25 bits per heavy atom. The van der Waals surface area contributed by atoms with E-state index in [4.69, 9.17) is 17.3 Å². The molecule has 0 unspecified atom stereocenters. The standard InChI is InChI=1S/C12H16ClN5O2/c13-10-7-15-6-9(16-10)12(20)18-3-1-2-17(4-5-18)8-11(14)19/h6-7H,1-5,8H2,(H2,14,19). The van der Waals surface area contributed by atoms with Crippen molar-refractivity contribution in [3.63, 3.8) is 0 Å². The maximum absolute atomic E-state index is 12.3. The molecule has 0 spiro atoms. The highest BCUT2D eigenvalue weighted by molar-refractivity contribution is 6.29. The third-order valence-electron chi connectivity index (χ3n) is 3.08. The molecule has 0 aromatic carbocycles. The number of primary amides is 1. The number of halogens is 1. The van der Waals surface area contributed by atoms with Gasteiger partial charge in [-0.2, -0.15) is 0 Å². The van der Waals surface area contributed by atoms with E-state index in [-0.39, 0.29) is 29.2 Å². The Hall–Kier alpha value is -1.73. The second-order valence-electron chi connectivity index (χ2n) is 4.62. The molecule has 1 aromatic rings. The van der Waals surface area contributed by atoms with Crippen LogP contribution in [0.2, 0.25) is 5.15 Å². The predicted molar refractivity (Wildman–Crippen MR) is 73.2 cm³/mol. The summed E-state index contributed by atoms with van der Waals surface area (Å²) in [7, 11) is 0. The first-order chi connectivity index (χ1) is 9.56. The molecule has 0 atom stereocenters. The van der Waals surface area contributed by atoms with Crippen LogP contribution < -0.4 is 5.73 Å². The van der Waals surface area contributed by atoms with Crippen LogP contribution in [0.15, 0.2) is 12.4 Å². The fourth-order valence-electron chi connectivity index (χ4n) is 2.16. The lowest BCUT2D eigenvalue weighted by Gasteiger charge is -2.20. The molecule has 2 amide bonds. The molecule has 20 heavy (non-hydrogen) atoms. The van der Waals surface area contributed by atoms with Crippen molar-refractivity contribution in [2.75, 3.05) is 32.7 Å². The Balaban J connectivity index is 1.99. The van der Waals surface area contributed by atoms with Gasteiger partial charge in [-0.3, -0.25) is 19.5 Å². The summed E-state index contributed by atoms with van der Waals surface area (Å²) < 4.78 is 0. The smallest absolute Gasteiger partial charge is 0.274 e. The van der Waals surface area contributed by atoms with Gasteiger partial charge in [-0.15, -0.1) is 0 Å². The van der Waals surface area contributed by atoms with Gasteiger partial charge in [0.05, 0.1) is 18.9 Å². The summed E-state index contributed by atoms with van der Waals surface area (Å²) in [5.41, 5.74) is 5.42. The number of hydrogen-bond donors (Lipinski definition) is 1. The van der Waals surface area contributed by atoms with Gasteiger partial charge >= 0.3 is 0 Å². The van der Waals surface area contributed by atoms with Gasteiger partial charge in [0.1, 0.15) is 10.8 Å². The summed E-state index contributed by atoms with van der Waals surface area (Å²) in [6.07, 6.45) is 3.57. The van der Waals surface area contributed by atoms with E-state index in [2.05, 4.69) is 9.97 Å². The second kappa shape index (κ2) is 6.62. The third kappa shape index (κ3) is 3.88. The summed E-state index contributed by atoms with van der Waals surface area (Å²) in [5, 5.41) is 0.195. The van der Waals surface area contributed by atoms with E-state index >= 15 is 0 Å². The Kier molecular flexibility index (Phi) is 4.86. The summed E-state index contributed by atoms with van der Waals surface area (Å²) >= 11 is 5.74. The van der Waals surface area contributed by atoms with Crippen molar-refractivity contribution in [3.8, 4) is 0 Å². The van der Waals surface area contributed by atoms with Crippen LogP contribution in [0.25, 0.3) is 0 Å². The Morgan fingerprint density at radius 3 is 2.75 bits per heavy atom. The van der Waals surface area contributed by atoms with Crippen molar-refractivity contribution in [1.29, 1.82) is 0 Å². The molecule has 0 saturated carbocycles. The highest BCUT2D eigenvalue weighted by Crippen LogP contribution is 2.09. The summed E-state index contributed by atoms with van der Waals surface area (Å²) in [5.74, 6) is -0.550. The minimum absolute atomic E-state index is 0.194. The van der Waals surface area contributed by atoms with Gasteiger partial charge in [-0.1, -0.05) is 11.6 Å². The van der Waals surface area contributed by atoms with E-state index in [0.717, 1.165) is 13.0 Å². The maximum Gasteiger partial charge on any atom is 0.274 e. The van der Waals surface area contributed by atoms with Crippen molar-refractivity contribution < 1.29 is 9.59 Å². The molecule has 2 N–H and O–H groups in total. The first-order valence-electron chi connectivity index (χ1n) is 6.34. The number of aromatic nitrogens is 2. The quantitative estimate of drug-likeness (QED) is 0.831. The van der Waals surface area contributed by atoms with Gasteiger partial charge in [0, 0.05) is 26.2 Å². The molecule has 0 aliphatic carbocycles. The summed E-state index contributed by atoms with van der Waals surface area (Å²) in [6.45, 7) is 2.72. The molecule has 1 saturated heterocycles. The second-order valence-corrected chi connectivity index (χ2v) is 5.00. The molecular weight excluding hydrogens is 282 g/mol. The van der Waals surface area contributed by atoms with Crippen LogP contribution in [0.4, 0.5) is 0 Å². The zero-order valence-electron chi connectivity index (χ0n) is 11.0. The van der Waals surface area contributed by atoms with Crippen molar-refractivity contribution in [1.82, 2.24) is 19.8 Å². The molecule has 108 valence electrons. The molecule has 1 aromatic heterocycles. The van der Waals surface area contributed by atoms with E-state index in [1.165, 1.54) is 12.4 Å². The van der Waals surface area contributed by atoms with Gasteiger partial charge < -0.3 is 10.6 Å². The van der Waals surface area contributed by atoms with Gasteiger partial charge in [-0.05, 0) is 6.42 Å². The average Bonchev–Trinajstić information content (AvgIpc) is 2.63. The largest absolute Gasteiger partial charge is 0.369 e. The first-order valence-corrected chi connectivity index (χ1v) is 6.71. The van der Waals surface area contributed by atoms with Crippen LogP contribution in [0.5, 0.6) is 0 Å². The van der Waals surface area contributed by atoms with Gasteiger partial charge in [0.25, 0.3) is 5.91 Å².